The Morgan fingerprint density at radius 1 is 1.17 bits per heavy atom. The second kappa shape index (κ2) is 6.53. The Hall–Kier alpha value is -1.92. The van der Waals surface area contributed by atoms with E-state index in [1.165, 1.54) is 0 Å². The molecule has 4 heterocycles. The average molecular weight is 328 g/mol. The standard InChI is InChI=1S/C18H24N4O2/c1-15-5-6-17(20-19-15)22-8-3-7-18(14-22)13-21(9-11-24-18)12-16-4-2-10-23-16/h2,4-6,10H,3,7-9,11-14H2,1H3. The van der Waals surface area contributed by atoms with E-state index in [-0.39, 0.29) is 5.60 Å². The molecule has 0 bridgehead atoms. The fraction of sp³-hybridized carbons (Fsp3) is 0.556. The van der Waals surface area contributed by atoms with Crippen molar-refractivity contribution in [2.75, 3.05) is 37.7 Å². The zero-order chi connectivity index (χ0) is 16.4. The van der Waals surface area contributed by atoms with Crippen LogP contribution in [0.15, 0.2) is 34.9 Å². The molecule has 2 aliphatic rings. The monoisotopic (exact) mass is 328 g/mol. The van der Waals surface area contributed by atoms with E-state index in [0.29, 0.717) is 0 Å². The number of anilines is 1. The third-order valence-corrected chi connectivity index (χ3v) is 4.93. The van der Waals surface area contributed by atoms with Crippen molar-refractivity contribution in [2.45, 2.75) is 31.9 Å². The van der Waals surface area contributed by atoms with Gasteiger partial charge in [0.05, 0.1) is 30.7 Å². The van der Waals surface area contributed by atoms with Gasteiger partial charge in [-0.1, -0.05) is 0 Å². The maximum atomic E-state index is 6.27. The van der Waals surface area contributed by atoms with Crippen LogP contribution in [0, 0.1) is 6.92 Å². The van der Waals surface area contributed by atoms with Gasteiger partial charge in [-0.3, -0.25) is 4.90 Å². The van der Waals surface area contributed by atoms with Gasteiger partial charge in [-0.2, -0.15) is 5.10 Å². The number of hydrogen-bond donors (Lipinski definition) is 0. The lowest BCUT2D eigenvalue weighted by Crippen LogP contribution is -2.59. The molecule has 128 valence electrons. The molecule has 0 saturated carbocycles. The van der Waals surface area contributed by atoms with Crippen molar-refractivity contribution >= 4 is 5.82 Å². The molecule has 6 nitrogen and oxygen atoms in total. The number of aryl methyl sites for hydroxylation is 1. The van der Waals surface area contributed by atoms with Gasteiger partial charge in [-0.15, -0.1) is 5.10 Å². The third kappa shape index (κ3) is 3.30. The van der Waals surface area contributed by atoms with Crippen molar-refractivity contribution in [2.24, 2.45) is 0 Å². The number of piperidine rings is 1. The van der Waals surface area contributed by atoms with Crippen LogP contribution in [-0.2, 0) is 11.3 Å². The van der Waals surface area contributed by atoms with Gasteiger partial charge >= 0.3 is 0 Å². The van der Waals surface area contributed by atoms with Crippen molar-refractivity contribution in [3.05, 3.63) is 42.0 Å². The molecule has 6 heteroatoms. The highest BCUT2D eigenvalue weighted by atomic mass is 16.5. The van der Waals surface area contributed by atoms with Crippen molar-refractivity contribution < 1.29 is 9.15 Å². The molecule has 0 N–H and O–H groups in total. The molecule has 1 spiro atoms. The minimum Gasteiger partial charge on any atom is -0.468 e. The molecule has 2 aliphatic heterocycles. The van der Waals surface area contributed by atoms with Gasteiger partial charge < -0.3 is 14.1 Å². The summed E-state index contributed by atoms with van der Waals surface area (Å²) in [6, 6.07) is 8.07. The van der Waals surface area contributed by atoms with Gasteiger partial charge in [0.25, 0.3) is 0 Å². The summed E-state index contributed by atoms with van der Waals surface area (Å²) in [4.78, 5) is 4.75. The Balaban J connectivity index is 1.46. The van der Waals surface area contributed by atoms with Crippen LogP contribution in [0.3, 0.4) is 0 Å². The summed E-state index contributed by atoms with van der Waals surface area (Å²) in [5.41, 5.74) is 0.833. The molecule has 24 heavy (non-hydrogen) atoms. The number of morpholine rings is 1. The first-order valence-corrected chi connectivity index (χ1v) is 8.66. The molecule has 0 aromatic carbocycles. The van der Waals surface area contributed by atoms with Gasteiger partial charge in [-0.05, 0) is 44.0 Å². The number of aromatic nitrogens is 2. The molecule has 4 rings (SSSR count). The summed E-state index contributed by atoms with van der Waals surface area (Å²) >= 11 is 0. The predicted molar refractivity (Wildman–Crippen MR) is 90.9 cm³/mol. The van der Waals surface area contributed by atoms with E-state index in [2.05, 4.69) is 26.1 Å². The molecule has 2 aromatic rings. The molecule has 2 aromatic heterocycles. The first-order valence-electron chi connectivity index (χ1n) is 8.66. The second-order valence-electron chi connectivity index (χ2n) is 6.88. The SMILES string of the molecule is Cc1ccc(N2CCCC3(CN(Cc4ccco4)CCO3)C2)nn1. The largest absolute Gasteiger partial charge is 0.468 e. The van der Waals surface area contributed by atoms with Crippen molar-refractivity contribution in [3.8, 4) is 0 Å². The van der Waals surface area contributed by atoms with Crippen LogP contribution in [0.5, 0.6) is 0 Å². The molecular weight excluding hydrogens is 304 g/mol. The quantitative estimate of drug-likeness (QED) is 0.861. The van der Waals surface area contributed by atoms with Crippen LogP contribution >= 0.6 is 0 Å². The van der Waals surface area contributed by atoms with E-state index in [1.54, 1.807) is 6.26 Å². The molecular formula is C18H24N4O2. The number of furan rings is 1. The molecule has 2 fully saturated rings. The zero-order valence-electron chi connectivity index (χ0n) is 14.1. The minimum atomic E-state index is -0.115. The Bertz CT molecular complexity index is 654. The molecule has 0 amide bonds. The van der Waals surface area contributed by atoms with E-state index in [0.717, 1.165) is 69.4 Å². The second-order valence-corrected chi connectivity index (χ2v) is 6.88. The summed E-state index contributed by atoms with van der Waals surface area (Å²) in [5, 5.41) is 8.55. The summed E-state index contributed by atoms with van der Waals surface area (Å²) in [6.45, 7) is 7.36. The highest BCUT2D eigenvalue weighted by Gasteiger charge is 2.41. The van der Waals surface area contributed by atoms with E-state index < -0.39 is 0 Å². The van der Waals surface area contributed by atoms with Gasteiger partial charge in [-0.25, -0.2) is 0 Å². The average Bonchev–Trinajstić information content (AvgIpc) is 3.09. The normalized spacial score (nSPS) is 25.3. The summed E-state index contributed by atoms with van der Waals surface area (Å²) < 4.78 is 11.8. The van der Waals surface area contributed by atoms with Gasteiger partial charge in [0.15, 0.2) is 5.82 Å². The Labute approximate surface area is 142 Å². The Kier molecular flexibility index (Phi) is 4.24. The molecule has 2 saturated heterocycles. The molecule has 1 unspecified atom stereocenters. The zero-order valence-corrected chi connectivity index (χ0v) is 14.1. The highest BCUT2D eigenvalue weighted by Crippen LogP contribution is 2.31. The van der Waals surface area contributed by atoms with E-state index >= 15 is 0 Å². The van der Waals surface area contributed by atoms with Crippen LogP contribution in [0.25, 0.3) is 0 Å². The number of rotatable bonds is 3. The summed E-state index contributed by atoms with van der Waals surface area (Å²) in [5.74, 6) is 1.97. The Morgan fingerprint density at radius 3 is 2.92 bits per heavy atom. The van der Waals surface area contributed by atoms with Gasteiger partial charge in [0.1, 0.15) is 5.76 Å². The van der Waals surface area contributed by atoms with Crippen LogP contribution in [0.2, 0.25) is 0 Å². The van der Waals surface area contributed by atoms with Crippen molar-refractivity contribution in [1.82, 2.24) is 15.1 Å². The van der Waals surface area contributed by atoms with Crippen molar-refractivity contribution in [1.29, 1.82) is 0 Å². The van der Waals surface area contributed by atoms with Gasteiger partial charge in [0, 0.05) is 26.2 Å². The molecule has 1 atom stereocenters. The van der Waals surface area contributed by atoms with Crippen LogP contribution < -0.4 is 4.90 Å². The van der Waals surface area contributed by atoms with Crippen LogP contribution in [0.4, 0.5) is 5.82 Å². The number of hydrogen-bond acceptors (Lipinski definition) is 6. The maximum absolute atomic E-state index is 6.27. The summed E-state index contributed by atoms with van der Waals surface area (Å²) in [6.07, 6.45) is 3.95. The lowest BCUT2D eigenvalue weighted by molar-refractivity contribution is -0.117. The molecule has 0 aliphatic carbocycles. The molecule has 0 radical (unpaired) electrons. The smallest absolute Gasteiger partial charge is 0.151 e. The van der Waals surface area contributed by atoms with E-state index in [1.807, 2.05) is 25.1 Å². The van der Waals surface area contributed by atoms with Crippen LogP contribution in [-0.4, -0.2) is 53.5 Å². The fourth-order valence-corrected chi connectivity index (χ4v) is 3.78. The third-order valence-electron chi connectivity index (χ3n) is 4.93. The van der Waals surface area contributed by atoms with Gasteiger partial charge in [0.2, 0.25) is 0 Å². The maximum Gasteiger partial charge on any atom is 0.151 e. The van der Waals surface area contributed by atoms with Crippen LogP contribution in [0.1, 0.15) is 24.3 Å². The summed E-state index contributed by atoms with van der Waals surface area (Å²) in [7, 11) is 0. The topological polar surface area (TPSA) is 54.6 Å². The first kappa shape index (κ1) is 15.6. The predicted octanol–water partition coefficient (Wildman–Crippen LogP) is 2.25. The minimum absolute atomic E-state index is 0.115. The van der Waals surface area contributed by atoms with E-state index in [4.69, 9.17) is 9.15 Å². The Morgan fingerprint density at radius 2 is 2.12 bits per heavy atom. The lowest BCUT2D eigenvalue weighted by Gasteiger charge is -2.48. The van der Waals surface area contributed by atoms with Crippen molar-refractivity contribution in [3.63, 3.8) is 0 Å². The number of nitrogens with zero attached hydrogens (tertiary/aromatic N) is 4. The lowest BCUT2D eigenvalue weighted by atomic mass is 9.90. The number of ether oxygens (including phenoxy) is 1. The highest BCUT2D eigenvalue weighted by molar-refractivity contribution is 5.38. The fourth-order valence-electron chi connectivity index (χ4n) is 3.78. The first-order chi connectivity index (χ1) is 11.7. The van der Waals surface area contributed by atoms with E-state index in [9.17, 15) is 0 Å².